The number of H-pyrrole nitrogens is 1. The molecule has 0 aliphatic carbocycles. The van der Waals surface area contributed by atoms with Gasteiger partial charge >= 0.3 is 5.97 Å². The van der Waals surface area contributed by atoms with Crippen molar-refractivity contribution < 1.29 is 9.90 Å². The Morgan fingerprint density at radius 2 is 2.00 bits per heavy atom. The van der Waals surface area contributed by atoms with Crippen LogP contribution in [0.1, 0.15) is 43.6 Å². The summed E-state index contributed by atoms with van der Waals surface area (Å²) >= 11 is 0. The van der Waals surface area contributed by atoms with Crippen LogP contribution in [0.3, 0.4) is 0 Å². The summed E-state index contributed by atoms with van der Waals surface area (Å²) in [5.41, 5.74) is 0.517. The molecule has 0 bridgehead atoms. The van der Waals surface area contributed by atoms with Crippen molar-refractivity contribution in [2.45, 2.75) is 33.2 Å². The molecule has 25 heavy (non-hydrogen) atoms. The monoisotopic (exact) mass is 364 g/mol. The Labute approximate surface area is 150 Å². The first kappa shape index (κ1) is 18.7. The molecule has 10 heteroatoms. The Bertz CT molecular complexity index is 958. The maximum atomic E-state index is 12.5. The number of aromatic nitrogens is 6. The van der Waals surface area contributed by atoms with Gasteiger partial charge < -0.3 is 5.11 Å². The summed E-state index contributed by atoms with van der Waals surface area (Å²) < 4.78 is 2.90. The summed E-state index contributed by atoms with van der Waals surface area (Å²) in [6, 6.07) is 0.0690. The first-order valence-electron chi connectivity index (χ1n) is 7.62. The van der Waals surface area contributed by atoms with Crippen LogP contribution in [0.15, 0.2) is 23.4 Å². The van der Waals surface area contributed by atoms with Gasteiger partial charge in [-0.25, -0.2) is 14.5 Å². The second-order valence-corrected chi connectivity index (χ2v) is 6.17. The lowest BCUT2D eigenvalue weighted by molar-refractivity contribution is 0.0697. The minimum atomic E-state index is -1.10. The number of nitrogens with one attached hydrogen (secondary N) is 1. The average molecular weight is 364 g/mol. The van der Waals surface area contributed by atoms with E-state index in [1.165, 1.54) is 23.3 Å². The topological polar surface area (TPSA) is 119 Å². The van der Waals surface area contributed by atoms with Crippen molar-refractivity contribution in [3.8, 4) is 5.95 Å². The number of carbonyl (C=O) groups is 1. The fourth-order valence-electron chi connectivity index (χ4n) is 2.73. The molecule has 0 aromatic carbocycles. The first-order valence-corrected chi connectivity index (χ1v) is 7.62. The predicted octanol–water partition coefficient (Wildman–Crippen LogP) is 1.72. The van der Waals surface area contributed by atoms with E-state index >= 15 is 0 Å². The number of aromatic carboxylic acids is 1. The van der Waals surface area contributed by atoms with Crippen molar-refractivity contribution in [1.82, 2.24) is 29.5 Å². The minimum absolute atomic E-state index is 0. The molecule has 0 aliphatic rings. The Morgan fingerprint density at radius 3 is 2.60 bits per heavy atom. The Hall–Kier alpha value is -2.62. The lowest BCUT2D eigenvalue weighted by atomic mass is 10.1. The maximum absolute atomic E-state index is 12.5. The lowest BCUT2D eigenvalue weighted by Crippen LogP contribution is -2.19. The smallest absolute Gasteiger partial charge is 0.338 e. The summed E-state index contributed by atoms with van der Waals surface area (Å²) in [6.07, 6.45) is 4.91. The third kappa shape index (κ3) is 3.58. The standard InChI is InChI=1S/C15H18N6O3.H2S/c1-8(2)4-9(3)21-12-11(6-17-21)18-15(19-13(12)22)20-7-10(5-16-20)14(23)24;/h5-9H,4H2,1-3H3,(H,23,24)(H,18,19,22);1H2/t9-;/m0./s1. The van der Waals surface area contributed by atoms with Crippen LogP contribution in [0.5, 0.6) is 0 Å². The van der Waals surface area contributed by atoms with Crippen molar-refractivity contribution in [2.75, 3.05) is 0 Å². The van der Waals surface area contributed by atoms with E-state index in [1.807, 2.05) is 6.92 Å². The van der Waals surface area contributed by atoms with E-state index in [2.05, 4.69) is 34.0 Å². The number of rotatable bonds is 5. The van der Waals surface area contributed by atoms with E-state index in [-0.39, 0.29) is 36.6 Å². The van der Waals surface area contributed by atoms with E-state index < -0.39 is 5.97 Å². The zero-order valence-electron chi connectivity index (χ0n) is 14.1. The van der Waals surface area contributed by atoms with E-state index in [0.29, 0.717) is 17.0 Å². The van der Waals surface area contributed by atoms with Gasteiger partial charge in [-0.2, -0.15) is 23.7 Å². The van der Waals surface area contributed by atoms with Gasteiger partial charge in [-0.15, -0.1) is 0 Å². The van der Waals surface area contributed by atoms with E-state index in [1.54, 1.807) is 4.68 Å². The Balaban J connectivity index is 0.00000225. The molecule has 0 amide bonds. The summed E-state index contributed by atoms with van der Waals surface area (Å²) in [6.45, 7) is 6.23. The maximum Gasteiger partial charge on any atom is 0.338 e. The van der Waals surface area contributed by atoms with Crippen LogP contribution >= 0.6 is 13.5 Å². The van der Waals surface area contributed by atoms with Crippen LogP contribution < -0.4 is 5.56 Å². The number of carboxylic acid groups (broad SMARTS) is 1. The second-order valence-electron chi connectivity index (χ2n) is 6.17. The molecule has 0 fully saturated rings. The number of aromatic amines is 1. The molecule has 0 aliphatic heterocycles. The fourth-order valence-corrected chi connectivity index (χ4v) is 2.73. The van der Waals surface area contributed by atoms with Crippen LogP contribution in [0.25, 0.3) is 17.0 Å². The molecular weight excluding hydrogens is 344 g/mol. The molecule has 3 rings (SSSR count). The molecule has 0 unspecified atom stereocenters. The van der Waals surface area contributed by atoms with Gasteiger partial charge in [-0.05, 0) is 19.3 Å². The number of nitrogens with zero attached hydrogens (tertiary/aromatic N) is 5. The quantitative estimate of drug-likeness (QED) is 0.711. The average Bonchev–Trinajstić information content (AvgIpc) is 3.13. The third-order valence-electron chi connectivity index (χ3n) is 3.72. The molecule has 3 aromatic heterocycles. The van der Waals surface area contributed by atoms with Gasteiger partial charge in [0, 0.05) is 6.20 Å². The van der Waals surface area contributed by atoms with Gasteiger partial charge in [0.15, 0.2) is 5.52 Å². The zero-order chi connectivity index (χ0) is 17.4. The van der Waals surface area contributed by atoms with Crippen LogP contribution in [0.2, 0.25) is 0 Å². The third-order valence-corrected chi connectivity index (χ3v) is 3.72. The molecule has 0 saturated heterocycles. The SMILES string of the molecule is CC(C)C[C@H](C)n1ncc2nc(-n3cc(C(=O)O)cn3)[nH]c(=O)c21.S. The largest absolute Gasteiger partial charge is 0.478 e. The minimum Gasteiger partial charge on any atom is -0.478 e. The molecule has 1 atom stereocenters. The van der Waals surface area contributed by atoms with Gasteiger partial charge in [0.2, 0.25) is 5.95 Å². The highest BCUT2D eigenvalue weighted by atomic mass is 32.1. The zero-order valence-corrected chi connectivity index (χ0v) is 15.1. The van der Waals surface area contributed by atoms with Crippen LogP contribution in [-0.2, 0) is 0 Å². The molecule has 0 spiro atoms. The van der Waals surface area contributed by atoms with Gasteiger partial charge in [0.25, 0.3) is 5.56 Å². The van der Waals surface area contributed by atoms with Crippen molar-refractivity contribution in [1.29, 1.82) is 0 Å². The molecule has 3 heterocycles. The predicted molar refractivity (Wildman–Crippen MR) is 96.8 cm³/mol. The van der Waals surface area contributed by atoms with Gasteiger partial charge in [0.05, 0.1) is 24.0 Å². The summed E-state index contributed by atoms with van der Waals surface area (Å²) in [4.78, 5) is 30.4. The summed E-state index contributed by atoms with van der Waals surface area (Å²) in [5, 5.41) is 17.1. The van der Waals surface area contributed by atoms with Gasteiger partial charge in [0.1, 0.15) is 5.52 Å². The highest BCUT2D eigenvalue weighted by Gasteiger charge is 2.17. The molecule has 2 N–H and O–H groups in total. The van der Waals surface area contributed by atoms with Crippen molar-refractivity contribution >= 4 is 30.5 Å². The van der Waals surface area contributed by atoms with E-state index in [0.717, 1.165) is 6.42 Å². The van der Waals surface area contributed by atoms with Crippen molar-refractivity contribution in [3.63, 3.8) is 0 Å². The fraction of sp³-hybridized carbons (Fsp3) is 0.400. The molecule has 0 saturated carbocycles. The molecule has 0 radical (unpaired) electrons. The van der Waals surface area contributed by atoms with Gasteiger partial charge in [-0.3, -0.25) is 14.5 Å². The Kier molecular flexibility index (Phi) is 5.31. The first-order chi connectivity index (χ1) is 11.4. The van der Waals surface area contributed by atoms with E-state index in [4.69, 9.17) is 5.11 Å². The second kappa shape index (κ2) is 7.09. The van der Waals surface area contributed by atoms with Crippen LogP contribution in [-0.4, -0.2) is 40.6 Å². The number of fused-ring (bicyclic) bond motifs is 1. The normalized spacial score (nSPS) is 12.3. The summed E-state index contributed by atoms with van der Waals surface area (Å²) in [7, 11) is 0. The molecule has 134 valence electrons. The lowest BCUT2D eigenvalue weighted by Gasteiger charge is -2.15. The highest BCUT2D eigenvalue weighted by Crippen LogP contribution is 2.19. The Morgan fingerprint density at radius 1 is 1.28 bits per heavy atom. The van der Waals surface area contributed by atoms with Gasteiger partial charge in [-0.1, -0.05) is 13.8 Å². The molecule has 9 nitrogen and oxygen atoms in total. The number of hydrogen-bond donors (Lipinski definition) is 2. The molecule has 3 aromatic rings. The molecular formula is C15H20N6O3S. The van der Waals surface area contributed by atoms with Crippen molar-refractivity contribution in [2.24, 2.45) is 5.92 Å². The highest BCUT2D eigenvalue weighted by molar-refractivity contribution is 7.59. The number of hydrogen-bond acceptors (Lipinski definition) is 5. The van der Waals surface area contributed by atoms with Crippen LogP contribution in [0.4, 0.5) is 0 Å². The number of carboxylic acids is 1. The van der Waals surface area contributed by atoms with Crippen LogP contribution in [0, 0.1) is 5.92 Å². The van der Waals surface area contributed by atoms with Crippen molar-refractivity contribution in [3.05, 3.63) is 34.5 Å². The summed E-state index contributed by atoms with van der Waals surface area (Å²) in [5.74, 6) is -0.472. The van der Waals surface area contributed by atoms with E-state index in [9.17, 15) is 9.59 Å².